The van der Waals surface area contributed by atoms with Gasteiger partial charge in [0.25, 0.3) is 0 Å². The topological polar surface area (TPSA) is 40.5 Å². The van der Waals surface area contributed by atoms with Crippen LogP contribution in [0.4, 0.5) is 0 Å². The maximum Gasteiger partial charge on any atom is 0.320 e. The molecule has 0 aliphatic rings. The van der Waals surface area contributed by atoms with Crippen molar-refractivity contribution in [1.29, 1.82) is 0 Å². The third kappa shape index (κ3) is 5.17. The zero-order valence-electron chi connectivity index (χ0n) is 10.5. The Labute approximate surface area is 93.5 Å². The minimum atomic E-state index is -0.706. The second-order valence-corrected chi connectivity index (χ2v) is 4.27. The number of aliphatic carboxylic acids is 1. The van der Waals surface area contributed by atoms with Crippen molar-refractivity contribution in [2.45, 2.75) is 65.0 Å². The molecule has 0 spiro atoms. The molecule has 0 rings (SSSR count). The summed E-state index contributed by atoms with van der Waals surface area (Å²) in [4.78, 5) is 12.9. The quantitative estimate of drug-likeness (QED) is 0.633. The molecule has 0 aromatic carbocycles. The molecule has 0 fully saturated rings. The summed E-state index contributed by atoms with van der Waals surface area (Å²) in [6, 6.07) is 0.0271. The van der Waals surface area contributed by atoms with Crippen LogP contribution in [0.15, 0.2) is 0 Å². The zero-order valence-corrected chi connectivity index (χ0v) is 10.5. The van der Waals surface area contributed by atoms with Crippen LogP contribution in [0.5, 0.6) is 0 Å². The van der Waals surface area contributed by atoms with Gasteiger partial charge in [-0.2, -0.15) is 0 Å². The Kier molecular flexibility index (Phi) is 7.39. The zero-order chi connectivity index (χ0) is 11.8. The number of carbonyl (C=O) groups is 1. The molecule has 0 aromatic rings. The molecule has 2 unspecified atom stereocenters. The van der Waals surface area contributed by atoms with E-state index in [1.54, 1.807) is 0 Å². The second kappa shape index (κ2) is 7.69. The molecule has 1 N–H and O–H groups in total. The largest absolute Gasteiger partial charge is 0.480 e. The Bertz CT molecular complexity index is 182. The Hall–Kier alpha value is -0.570. The van der Waals surface area contributed by atoms with Crippen molar-refractivity contribution in [3.63, 3.8) is 0 Å². The second-order valence-electron chi connectivity index (χ2n) is 4.27. The number of unbranched alkanes of at least 4 members (excludes halogenated alkanes) is 2. The molecule has 0 saturated heterocycles. The average Bonchev–Trinajstić information content (AvgIpc) is 2.18. The highest BCUT2D eigenvalue weighted by Gasteiger charge is 2.23. The molecule has 15 heavy (non-hydrogen) atoms. The summed E-state index contributed by atoms with van der Waals surface area (Å²) in [5, 5.41) is 9.02. The van der Waals surface area contributed by atoms with Crippen molar-refractivity contribution in [3.05, 3.63) is 0 Å². The van der Waals surface area contributed by atoms with Crippen molar-refractivity contribution in [2.75, 3.05) is 7.05 Å². The lowest BCUT2D eigenvalue weighted by Gasteiger charge is -2.29. The molecule has 0 amide bonds. The fraction of sp³-hybridized carbons (Fsp3) is 0.917. The predicted octanol–water partition coefficient (Wildman–Crippen LogP) is 2.75. The van der Waals surface area contributed by atoms with Gasteiger partial charge in [0.2, 0.25) is 0 Å². The van der Waals surface area contributed by atoms with E-state index in [-0.39, 0.29) is 6.04 Å². The third-order valence-electron chi connectivity index (χ3n) is 3.08. The Balaban J connectivity index is 4.04. The van der Waals surface area contributed by atoms with E-state index < -0.39 is 5.97 Å². The van der Waals surface area contributed by atoms with Crippen LogP contribution in [-0.4, -0.2) is 35.1 Å². The van der Waals surface area contributed by atoms with Gasteiger partial charge < -0.3 is 5.11 Å². The Morgan fingerprint density at radius 2 is 1.93 bits per heavy atom. The predicted molar refractivity (Wildman–Crippen MR) is 63.1 cm³/mol. The molecule has 0 aliphatic carbocycles. The van der Waals surface area contributed by atoms with Gasteiger partial charge in [-0.1, -0.05) is 33.1 Å². The first-order chi connectivity index (χ1) is 7.04. The Morgan fingerprint density at radius 3 is 2.33 bits per heavy atom. The fourth-order valence-corrected chi connectivity index (χ4v) is 1.84. The lowest BCUT2D eigenvalue weighted by atomic mass is 10.1. The highest BCUT2D eigenvalue weighted by molar-refractivity contribution is 5.73. The van der Waals surface area contributed by atoms with Crippen LogP contribution < -0.4 is 0 Å². The molecule has 2 atom stereocenters. The Morgan fingerprint density at radius 1 is 1.33 bits per heavy atom. The first-order valence-electron chi connectivity index (χ1n) is 5.99. The van der Waals surface area contributed by atoms with Crippen molar-refractivity contribution in [1.82, 2.24) is 4.90 Å². The lowest BCUT2D eigenvalue weighted by molar-refractivity contribution is -0.143. The first-order valence-corrected chi connectivity index (χ1v) is 5.99. The summed E-state index contributed by atoms with van der Waals surface area (Å²) < 4.78 is 0. The highest BCUT2D eigenvalue weighted by Crippen LogP contribution is 2.13. The van der Waals surface area contributed by atoms with E-state index in [1.807, 2.05) is 18.9 Å². The fourth-order valence-electron chi connectivity index (χ4n) is 1.84. The molecule has 0 aliphatic heterocycles. The molecule has 0 heterocycles. The summed E-state index contributed by atoms with van der Waals surface area (Å²) in [5.41, 5.74) is 0. The number of carboxylic acids is 1. The van der Waals surface area contributed by atoms with Crippen molar-refractivity contribution in [3.8, 4) is 0 Å². The van der Waals surface area contributed by atoms with Gasteiger partial charge in [0.15, 0.2) is 0 Å². The van der Waals surface area contributed by atoms with Crippen LogP contribution in [0.3, 0.4) is 0 Å². The maximum atomic E-state index is 11.0. The van der Waals surface area contributed by atoms with Gasteiger partial charge in [-0.25, -0.2) is 0 Å². The lowest BCUT2D eigenvalue weighted by Crippen LogP contribution is -2.43. The van der Waals surface area contributed by atoms with Gasteiger partial charge in [-0.05, 0) is 26.8 Å². The number of carboxylic acid groups (broad SMARTS) is 1. The summed E-state index contributed by atoms with van der Waals surface area (Å²) in [6.07, 6.45) is 5.41. The molecule has 0 bridgehead atoms. The van der Waals surface area contributed by atoms with Crippen LogP contribution in [0, 0.1) is 0 Å². The number of hydrogen-bond acceptors (Lipinski definition) is 2. The van der Waals surface area contributed by atoms with Crippen molar-refractivity contribution in [2.24, 2.45) is 0 Å². The maximum absolute atomic E-state index is 11.0. The van der Waals surface area contributed by atoms with E-state index in [4.69, 9.17) is 5.11 Å². The van der Waals surface area contributed by atoms with E-state index in [9.17, 15) is 4.79 Å². The SMILES string of the molecule is CCCCCC(C)N(C)C(CC)C(=O)O. The van der Waals surface area contributed by atoms with Crippen LogP contribution in [0.1, 0.15) is 52.9 Å². The number of likely N-dealkylation sites (N-methyl/N-ethyl adjacent to an activating group) is 1. The number of nitrogens with zero attached hydrogens (tertiary/aromatic N) is 1. The molecule has 3 heteroatoms. The van der Waals surface area contributed by atoms with Crippen LogP contribution in [0.25, 0.3) is 0 Å². The molecule has 0 aromatic heterocycles. The molecular formula is C12H25NO2. The van der Waals surface area contributed by atoms with E-state index in [0.717, 1.165) is 6.42 Å². The summed E-state index contributed by atoms with van der Waals surface area (Å²) >= 11 is 0. The minimum absolute atomic E-state index is 0.332. The monoisotopic (exact) mass is 215 g/mol. The molecule has 3 nitrogen and oxygen atoms in total. The van der Waals surface area contributed by atoms with Crippen molar-refractivity contribution >= 4 is 5.97 Å². The average molecular weight is 215 g/mol. The van der Waals surface area contributed by atoms with E-state index in [0.29, 0.717) is 12.5 Å². The normalized spacial score (nSPS) is 15.3. The molecule has 0 saturated carbocycles. The molecule has 0 radical (unpaired) electrons. The smallest absolute Gasteiger partial charge is 0.320 e. The first kappa shape index (κ1) is 14.4. The summed E-state index contributed by atoms with van der Waals surface area (Å²) in [5.74, 6) is -0.706. The minimum Gasteiger partial charge on any atom is -0.480 e. The van der Waals surface area contributed by atoms with Gasteiger partial charge in [0.1, 0.15) is 6.04 Å². The van der Waals surface area contributed by atoms with Gasteiger partial charge in [0, 0.05) is 6.04 Å². The summed E-state index contributed by atoms with van der Waals surface area (Å²) in [7, 11) is 1.92. The summed E-state index contributed by atoms with van der Waals surface area (Å²) in [6.45, 7) is 6.22. The van der Waals surface area contributed by atoms with E-state index in [2.05, 4.69) is 13.8 Å². The van der Waals surface area contributed by atoms with Crippen LogP contribution >= 0.6 is 0 Å². The molecule has 90 valence electrons. The van der Waals surface area contributed by atoms with Gasteiger partial charge in [0.05, 0.1) is 0 Å². The van der Waals surface area contributed by atoms with Gasteiger partial charge >= 0.3 is 5.97 Å². The highest BCUT2D eigenvalue weighted by atomic mass is 16.4. The standard InChI is InChI=1S/C12H25NO2/c1-5-7-8-9-10(3)13(4)11(6-2)12(14)15/h10-11H,5-9H2,1-4H3,(H,14,15). The van der Waals surface area contributed by atoms with Crippen LogP contribution in [-0.2, 0) is 4.79 Å². The number of hydrogen-bond donors (Lipinski definition) is 1. The number of rotatable bonds is 8. The van der Waals surface area contributed by atoms with E-state index >= 15 is 0 Å². The van der Waals surface area contributed by atoms with Gasteiger partial charge in [-0.3, -0.25) is 9.69 Å². The van der Waals surface area contributed by atoms with Crippen molar-refractivity contribution < 1.29 is 9.90 Å². The van der Waals surface area contributed by atoms with E-state index in [1.165, 1.54) is 19.3 Å². The van der Waals surface area contributed by atoms with Gasteiger partial charge in [-0.15, -0.1) is 0 Å². The molecular weight excluding hydrogens is 190 g/mol. The van der Waals surface area contributed by atoms with Crippen LogP contribution in [0.2, 0.25) is 0 Å². The third-order valence-corrected chi connectivity index (χ3v) is 3.08.